The first kappa shape index (κ1) is 13.5. The van der Waals surface area contributed by atoms with E-state index in [1.165, 1.54) is 17.4 Å². The Morgan fingerprint density at radius 1 is 1.22 bits per heavy atom. The molecule has 98 valence electrons. The highest BCUT2D eigenvalue weighted by Crippen LogP contribution is 2.31. The quantitative estimate of drug-likeness (QED) is 0.820. The molecule has 0 saturated carbocycles. The number of nitrogens with two attached hydrogens (primary N) is 1. The van der Waals surface area contributed by atoms with Crippen molar-refractivity contribution in [3.8, 4) is 0 Å². The molecule has 1 aromatic carbocycles. The molecule has 3 heteroatoms. The Bertz CT molecular complexity index is 518. The lowest BCUT2D eigenvalue weighted by Crippen LogP contribution is -2.08. The predicted octanol–water partition coefficient (Wildman–Crippen LogP) is 4.87. The molecule has 0 amide bonds. The minimum absolute atomic E-state index is 0.0872. The number of benzene rings is 1. The number of halogens is 1. The lowest BCUT2D eigenvalue weighted by Gasteiger charge is -2.10. The molecule has 2 rings (SSSR count). The van der Waals surface area contributed by atoms with E-state index in [0.29, 0.717) is 0 Å². The predicted molar refractivity (Wildman–Crippen MR) is 77.4 cm³/mol. The van der Waals surface area contributed by atoms with Crippen LogP contribution in [0.5, 0.6) is 0 Å². The van der Waals surface area contributed by atoms with Gasteiger partial charge in [-0.15, -0.1) is 11.3 Å². The molecule has 0 spiro atoms. The van der Waals surface area contributed by atoms with E-state index < -0.39 is 0 Å². The molecule has 0 radical (unpaired) electrons. The van der Waals surface area contributed by atoms with Gasteiger partial charge in [0.2, 0.25) is 0 Å². The van der Waals surface area contributed by atoms with Gasteiger partial charge in [0.15, 0.2) is 0 Å². The lowest BCUT2D eigenvalue weighted by molar-refractivity contribution is 0.508. The first-order chi connectivity index (χ1) is 8.56. The maximum absolute atomic E-state index is 13.1. The summed E-state index contributed by atoms with van der Waals surface area (Å²) in [5, 5.41) is 0.967. The molecule has 0 aliphatic carbocycles. The fourth-order valence-electron chi connectivity index (χ4n) is 2.11. The van der Waals surface area contributed by atoms with E-state index in [4.69, 9.17) is 5.73 Å². The maximum Gasteiger partial charge on any atom is 0.123 e. The van der Waals surface area contributed by atoms with Gasteiger partial charge >= 0.3 is 0 Å². The highest BCUT2D eigenvalue weighted by atomic mass is 32.1. The van der Waals surface area contributed by atoms with Gasteiger partial charge in [-0.25, -0.2) is 4.39 Å². The van der Waals surface area contributed by atoms with Gasteiger partial charge in [-0.2, -0.15) is 0 Å². The summed E-state index contributed by atoms with van der Waals surface area (Å²) in [5.74, 6) is 0.550. The van der Waals surface area contributed by atoms with Crippen molar-refractivity contribution in [3.05, 3.63) is 35.0 Å². The Hall–Kier alpha value is -0.930. The second-order valence-corrected chi connectivity index (χ2v) is 6.38. The van der Waals surface area contributed by atoms with Crippen LogP contribution >= 0.6 is 11.3 Å². The summed E-state index contributed by atoms with van der Waals surface area (Å²) < 4.78 is 14.2. The van der Waals surface area contributed by atoms with E-state index in [2.05, 4.69) is 13.8 Å². The third-order valence-electron chi connectivity index (χ3n) is 3.16. The van der Waals surface area contributed by atoms with Crippen LogP contribution in [0.4, 0.5) is 4.39 Å². The third kappa shape index (κ3) is 3.30. The average Bonchev–Trinajstić information content (AvgIpc) is 2.71. The van der Waals surface area contributed by atoms with Crippen LogP contribution in [0.15, 0.2) is 24.3 Å². The first-order valence-electron chi connectivity index (χ1n) is 6.51. The van der Waals surface area contributed by atoms with Gasteiger partial charge in [0, 0.05) is 15.6 Å². The summed E-state index contributed by atoms with van der Waals surface area (Å²) in [6.45, 7) is 4.46. The molecular formula is C15H20FNS. The number of thiophene rings is 1. The third-order valence-corrected chi connectivity index (χ3v) is 4.41. The summed E-state index contributed by atoms with van der Waals surface area (Å²) in [6.07, 6.45) is 3.38. The molecule has 0 bridgehead atoms. The van der Waals surface area contributed by atoms with E-state index in [1.54, 1.807) is 17.4 Å². The summed E-state index contributed by atoms with van der Waals surface area (Å²) in [4.78, 5) is 1.17. The average molecular weight is 265 g/mol. The molecule has 18 heavy (non-hydrogen) atoms. The fourth-order valence-corrected chi connectivity index (χ4v) is 3.19. The zero-order valence-electron chi connectivity index (χ0n) is 10.9. The van der Waals surface area contributed by atoms with Gasteiger partial charge in [-0.1, -0.05) is 26.7 Å². The highest BCUT2D eigenvalue weighted by molar-refractivity contribution is 7.19. The first-order valence-corrected chi connectivity index (χ1v) is 7.32. The van der Waals surface area contributed by atoms with Crippen molar-refractivity contribution in [3.63, 3.8) is 0 Å². The Labute approximate surface area is 112 Å². The van der Waals surface area contributed by atoms with Gasteiger partial charge < -0.3 is 5.73 Å². The molecule has 2 aromatic rings. The Balaban J connectivity index is 2.06. The van der Waals surface area contributed by atoms with Crippen LogP contribution in [-0.2, 0) is 0 Å². The van der Waals surface area contributed by atoms with Crippen molar-refractivity contribution in [2.75, 3.05) is 0 Å². The molecule has 2 N–H and O–H groups in total. The fraction of sp³-hybridized carbons (Fsp3) is 0.467. The second kappa shape index (κ2) is 5.81. The summed E-state index contributed by atoms with van der Waals surface area (Å²) >= 11 is 1.68. The minimum Gasteiger partial charge on any atom is -0.323 e. The lowest BCUT2D eigenvalue weighted by atomic mass is 10.0. The normalized spacial score (nSPS) is 13.4. The summed E-state index contributed by atoms with van der Waals surface area (Å²) in [6, 6.07) is 7.04. The SMILES string of the molecule is CC(C)CCCC(N)c1cc2cc(F)ccc2s1. The molecule has 0 aliphatic rings. The van der Waals surface area contributed by atoms with E-state index in [9.17, 15) is 4.39 Å². The van der Waals surface area contributed by atoms with Crippen molar-refractivity contribution in [2.24, 2.45) is 11.7 Å². The summed E-state index contributed by atoms with van der Waals surface area (Å²) in [5.41, 5.74) is 6.20. The molecule has 0 aliphatic heterocycles. The van der Waals surface area contributed by atoms with Crippen LogP contribution < -0.4 is 5.73 Å². The van der Waals surface area contributed by atoms with Gasteiger partial charge in [0.1, 0.15) is 5.82 Å². The maximum atomic E-state index is 13.1. The van der Waals surface area contributed by atoms with E-state index in [-0.39, 0.29) is 11.9 Å². The molecule has 0 saturated heterocycles. The van der Waals surface area contributed by atoms with Crippen LogP contribution in [0.1, 0.15) is 44.0 Å². The van der Waals surface area contributed by atoms with Crippen LogP contribution in [0.25, 0.3) is 10.1 Å². The Kier molecular flexibility index (Phi) is 4.36. The summed E-state index contributed by atoms with van der Waals surface area (Å²) in [7, 11) is 0. The van der Waals surface area contributed by atoms with Crippen LogP contribution in [0, 0.1) is 11.7 Å². The highest BCUT2D eigenvalue weighted by Gasteiger charge is 2.10. The van der Waals surface area contributed by atoms with Gasteiger partial charge in [0.05, 0.1) is 0 Å². The number of hydrogen-bond donors (Lipinski definition) is 1. The van der Waals surface area contributed by atoms with Crippen molar-refractivity contribution in [1.29, 1.82) is 0 Å². The second-order valence-electron chi connectivity index (χ2n) is 5.26. The standard InChI is InChI=1S/C15H20FNS/c1-10(2)4-3-5-13(17)15-9-11-8-12(16)6-7-14(11)18-15/h6-10,13H,3-5,17H2,1-2H3. The zero-order chi connectivity index (χ0) is 13.1. The van der Waals surface area contributed by atoms with E-state index >= 15 is 0 Å². The van der Waals surface area contributed by atoms with Crippen molar-refractivity contribution in [1.82, 2.24) is 0 Å². The van der Waals surface area contributed by atoms with E-state index in [0.717, 1.165) is 28.8 Å². The largest absolute Gasteiger partial charge is 0.323 e. The topological polar surface area (TPSA) is 26.0 Å². The van der Waals surface area contributed by atoms with E-state index in [1.807, 2.05) is 12.1 Å². The number of hydrogen-bond acceptors (Lipinski definition) is 2. The van der Waals surface area contributed by atoms with Crippen molar-refractivity contribution in [2.45, 2.75) is 39.2 Å². The zero-order valence-corrected chi connectivity index (χ0v) is 11.8. The molecule has 1 aromatic heterocycles. The molecule has 1 atom stereocenters. The van der Waals surface area contributed by atoms with Crippen molar-refractivity contribution < 1.29 is 4.39 Å². The van der Waals surface area contributed by atoms with Crippen LogP contribution in [0.3, 0.4) is 0 Å². The molecule has 1 heterocycles. The molecule has 0 fully saturated rings. The van der Waals surface area contributed by atoms with Crippen LogP contribution in [0.2, 0.25) is 0 Å². The molecule has 1 unspecified atom stereocenters. The molecular weight excluding hydrogens is 245 g/mol. The van der Waals surface area contributed by atoms with Crippen LogP contribution in [-0.4, -0.2) is 0 Å². The molecule has 1 nitrogen and oxygen atoms in total. The Morgan fingerprint density at radius 2 is 2.00 bits per heavy atom. The van der Waals surface area contributed by atoms with Gasteiger partial charge in [-0.05, 0) is 42.0 Å². The number of rotatable bonds is 5. The van der Waals surface area contributed by atoms with Gasteiger partial charge in [0.25, 0.3) is 0 Å². The minimum atomic E-state index is -0.180. The monoisotopic (exact) mass is 265 g/mol. The Morgan fingerprint density at radius 3 is 2.72 bits per heavy atom. The smallest absolute Gasteiger partial charge is 0.123 e. The number of fused-ring (bicyclic) bond motifs is 1. The van der Waals surface area contributed by atoms with Crippen molar-refractivity contribution >= 4 is 21.4 Å². The van der Waals surface area contributed by atoms with Gasteiger partial charge in [-0.3, -0.25) is 0 Å².